The van der Waals surface area contributed by atoms with Crippen molar-refractivity contribution >= 4 is 39.3 Å². The summed E-state index contributed by atoms with van der Waals surface area (Å²) in [6.07, 6.45) is 0. The van der Waals surface area contributed by atoms with E-state index in [1.165, 1.54) is 35.2 Å². The van der Waals surface area contributed by atoms with E-state index < -0.39 is 11.6 Å². The Labute approximate surface area is 145 Å². The molecule has 0 amide bonds. The molecule has 0 bridgehead atoms. The number of aliphatic hydroxyl groups excluding tert-OH is 1. The molecule has 0 aliphatic rings. The summed E-state index contributed by atoms with van der Waals surface area (Å²) >= 11 is 2.59. The van der Waals surface area contributed by atoms with Crippen LogP contribution in [0.1, 0.15) is 12.5 Å². The topological polar surface area (TPSA) is 70.9 Å². The Morgan fingerprint density at radius 1 is 1.33 bits per heavy atom. The number of thioether (sulfide) groups is 1. The van der Waals surface area contributed by atoms with Crippen molar-refractivity contribution < 1.29 is 13.9 Å². The Kier molecular flexibility index (Phi) is 5.22. The molecule has 5 nitrogen and oxygen atoms in total. The summed E-state index contributed by atoms with van der Waals surface area (Å²) < 4.78 is 27.8. The van der Waals surface area contributed by atoms with Crippen LogP contribution in [0.25, 0.3) is 10.3 Å². The van der Waals surface area contributed by atoms with Gasteiger partial charge in [-0.05, 0) is 13.0 Å². The second kappa shape index (κ2) is 7.37. The van der Waals surface area contributed by atoms with Crippen molar-refractivity contribution in [2.75, 3.05) is 11.9 Å². The molecule has 0 unspecified atom stereocenters. The predicted octanol–water partition coefficient (Wildman–Crippen LogP) is 3.45. The highest BCUT2D eigenvalue weighted by atomic mass is 32.2. The van der Waals surface area contributed by atoms with Crippen LogP contribution in [0.3, 0.4) is 0 Å². The molecular weight excluding hydrogens is 354 g/mol. The molecular formula is C15H14F2N4OS2. The smallest absolute Gasteiger partial charge is 0.191 e. The van der Waals surface area contributed by atoms with Crippen LogP contribution in [0, 0.1) is 11.6 Å². The van der Waals surface area contributed by atoms with Gasteiger partial charge in [-0.3, -0.25) is 0 Å². The van der Waals surface area contributed by atoms with Gasteiger partial charge in [0, 0.05) is 17.4 Å². The molecule has 2 N–H and O–H groups in total. The van der Waals surface area contributed by atoms with Gasteiger partial charge in [0.15, 0.2) is 28.3 Å². The first-order valence-corrected chi connectivity index (χ1v) is 8.99. The van der Waals surface area contributed by atoms with Crippen LogP contribution in [0.4, 0.5) is 14.6 Å². The number of halogens is 2. The molecule has 0 aliphatic carbocycles. The van der Waals surface area contributed by atoms with Gasteiger partial charge in [0.2, 0.25) is 0 Å². The minimum Gasteiger partial charge on any atom is -0.394 e. The highest BCUT2D eigenvalue weighted by Gasteiger charge is 2.14. The van der Waals surface area contributed by atoms with Crippen molar-refractivity contribution in [3.8, 4) is 0 Å². The number of thiazole rings is 1. The van der Waals surface area contributed by atoms with Gasteiger partial charge in [0.05, 0.1) is 12.1 Å². The van der Waals surface area contributed by atoms with Crippen LogP contribution in [-0.4, -0.2) is 32.7 Å². The lowest BCUT2D eigenvalue weighted by atomic mass is 10.2. The van der Waals surface area contributed by atoms with Crippen molar-refractivity contribution in [2.45, 2.75) is 23.9 Å². The number of anilines is 1. The maximum atomic E-state index is 13.7. The largest absolute Gasteiger partial charge is 0.394 e. The van der Waals surface area contributed by atoms with Crippen molar-refractivity contribution in [3.63, 3.8) is 0 Å². The second-order valence-corrected chi connectivity index (χ2v) is 6.89. The molecule has 1 atom stereocenters. The molecule has 0 saturated carbocycles. The fourth-order valence-corrected chi connectivity index (χ4v) is 3.48. The third kappa shape index (κ3) is 3.63. The summed E-state index contributed by atoms with van der Waals surface area (Å²) in [5.74, 6) is -0.949. The lowest BCUT2D eigenvalue weighted by Crippen LogP contribution is -2.20. The number of nitrogens with one attached hydrogen (secondary N) is 1. The maximum absolute atomic E-state index is 13.7. The van der Waals surface area contributed by atoms with Crippen molar-refractivity contribution in [3.05, 3.63) is 40.9 Å². The first-order chi connectivity index (χ1) is 11.6. The minimum absolute atomic E-state index is 0.0404. The van der Waals surface area contributed by atoms with Gasteiger partial charge in [-0.25, -0.2) is 23.7 Å². The van der Waals surface area contributed by atoms with Crippen molar-refractivity contribution in [1.29, 1.82) is 0 Å². The monoisotopic (exact) mass is 368 g/mol. The average molecular weight is 368 g/mol. The molecule has 2 heterocycles. The number of benzene rings is 1. The fraction of sp³-hybridized carbons (Fsp3) is 0.267. The summed E-state index contributed by atoms with van der Waals surface area (Å²) in [7, 11) is 0. The normalized spacial score (nSPS) is 12.5. The van der Waals surface area contributed by atoms with Gasteiger partial charge >= 0.3 is 0 Å². The second-order valence-electron chi connectivity index (χ2n) is 5.09. The number of rotatable bonds is 6. The van der Waals surface area contributed by atoms with E-state index in [2.05, 4.69) is 20.3 Å². The molecule has 0 fully saturated rings. The zero-order valence-electron chi connectivity index (χ0n) is 12.7. The summed E-state index contributed by atoms with van der Waals surface area (Å²) in [4.78, 5) is 12.9. The lowest BCUT2D eigenvalue weighted by Gasteiger charge is -2.12. The van der Waals surface area contributed by atoms with Crippen LogP contribution >= 0.6 is 23.1 Å². The molecule has 0 saturated heterocycles. The molecule has 0 spiro atoms. The summed E-state index contributed by atoms with van der Waals surface area (Å²) in [5.41, 5.74) is 2.44. The predicted molar refractivity (Wildman–Crippen MR) is 91.3 cm³/mol. The van der Waals surface area contributed by atoms with Gasteiger partial charge in [-0.2, -0.15) is 0 Å². The number of fused-ring (bicyclic) bond motifs is 1. The molecule has 2 aromatic heterocycles. The molecule has 0 aliphatic heterocycles. The first kappa shape index (κ1) is 17.0. The first-order valence-electron chi connectivity index (χ1n) is 7.12. The van der Waals surface area contributed by atoms with Gasteiger partial charge in [-0.1, -0.05) is 23.9 Å². The SMILES string of the molecule is C[C@H](CO)Nc1nc(SCc2cccc(F)c2F)nc2ncsc12. The van der Waals surface area contributed by atoms with E-state index in [9.17, 15) is 13.9 Å². The molecule has 24 heavy (non-hydrogen) atoms. The van der Waals surface area contributed by atoms with Gasteiger partial charge < -0.3 is 10.4 Å². The zero-order chi connectivity index (χ0) is 17.1. The van der Waals surface area contributed by atoms with E-state index in [-0.39, 0.29) is 24.0 Å². The standard InChI is InChI=1S/C15H14F2N4OS2/c1-8(5-22)19-14-12-13(18-7-24-12)20-15(21-14)23-6-9-3-2-4-10(16)11(9)17/h2-4,7-8,22H,5-6H2,1H3,(H,19,20,21)/t8-/m1/s1. The van der Waals surface area contributed by atoms with Crippen LogP contribution in [-0.2, 0) is 5.75 Å². The molecule has 9 heteroatoms. The highest BCUT2D eigenvalue weighted by molar-refractivity contribution is 7.98. The third-order valence-electron chi connectivity index (χ3n) is 3.22. The molecule has 126 valence electrons. The number of aromatic nitrogens is 3. The van der Waals surface area contributed by atoms with Gasteiger partial charge in [0.1, 0.15) is 4.70 Å². The van der Waals surface area contributed by atoms with Crippen LogP contribution in [0.15, 0.2) is 28.9 Å². The minimum atomic E-state index is -0.872. The van der Waals surface area contributed by atoms with E-state index >= 15 is 0 Å². The fourth-order valence-electron chi connectivity index (χ4n) is 1.99. The van der Waals surface area contributed by atoms with E-state index in [0.29, 0.717) is 16.6 Å². The number of nitrogens with zero attached hydrogens (tertiary/aromatic N) is 3. The Balaban J connectivity index is 1.85. The third-order valence-corrected chi connectivity index (χ3v) is 4.94. The van der Waals surface area contributed by atoms with E-state index in [4.69, 9.17) is 0 Å². The molecule has 0 radical (unpaired) electrons. The molecule has 3 rings (SSSR count). The average Bonchev–Trinajstić information content (AvgIpc) is 3.05. The Hall–Kier alpha value is -1.84. The van der Waals surface area contributed by atoms with Gasteiger partial charge in [-0.15, -0.1) is 11.3 Å². The summed E-state index contributed by atoms with van der Waals surface area (Å²) in [6, 6.07) is 3.90. The summed E-state index contributed by atoms with van der Waals surface area (Å²) in [6.45, 7) is 1.78. The van der Waals surface area contributed by atoms with Crippen molar-refractivity contribution in [1.82, 2.24) is 15.0 Å². The number of hydrogen-bond acceptors (Lipinski definition) is 7. The summed E-state index contributed by atoms with van der Waals surface area (Å²) in [5, 5.41) is 12.7. The number of hydrogen-bond donors (Lipinski definition) is 2. The lowest BCUT2D eigenvalue weighted by molar-refractivity contribution is 0.281. The quantitative estimate of drug-likeness (QED) is 0.513. The number of aliphatic hydroxyl groups is 1. The van der Waals surface area contributed by atoms with Gasteiger partial charge in [0.25, 0.3) is 0 Å². The van der Waals surface area contributed by atoms with Crippen LogP contribution in [0.2, 0.25) is 0 Å². The highest BCUT2D eigenvalue weighted by Crippen LogP contribution is 2.29. The molecule has 1 aromatic carbocycles. The van der Waals surface area contributed by atoms with Crippen LogP contribution in [0.5, 0.6) is 0 Å². The van der Waals surface area contributed by atoms with Crippen LogP contribution < -0.4 is 5.32 Å². The van der Waals surface area contributed by atoms with Crippen molar-refractivity contribution in [2.24, 2.45) is 0 Å². The maximum Gasteiger partial charge on any atom is 0.191 e. The Morgan fingerprint density at radius 3 is 2.96 bits per heavy atom. The Bertz CT molecular complexity index is 859. The molecule has 3 aromatic rings. The van der Waals surface area contributed by atoms with E-state index in [0.717, 1.165) is 10.8 Å². The van der Waals surface area contributed by atoms with E-state index in [1.54, 1.807) is 5.51 Å². The Morgan fingerprint density at radius 2 is 2.17 bits per heavy atom. The zero-order valence-corrected chi connectivity index (χ0v) is 14.3. The van der Waals surface area contributed by atoms with E-state index in [1.807, 2.05) is 6.92 Å².